The number of methoxy groups -OCH3 is 3. The molecule has 126 valence electrons. The molecule has 0 aliphatic rings. The minimum Gasteiger partial charge on any atom is -0.508 e. The van der Waals surface area contributed by atoms with E-state index in [1.54, 1.807) is 19.2 Å². The maximum absolute atomic E-state index is 12.0. The molecule has 0 radical (unpaired) electrons. The molecule has 24 heavy (non-hydrogen) atoms. The number of hydrogen-bond donors (Lipinski definition) is 2. The van der Waals surface area contributed by atoms with Crippen molar-refractivity contribution >= 4 is 12.1 Å². The van der Waals surface area contributed by atoms with E-state index in [1.165, 1.54) is 44.7 Å². The lowest BCUT2D eigenvalue weighted by atomic mass is 10.2. The Morgan fingerprint density at radius 3 is 2.12 bits per heavy atom. The molecule has 2 aromatic rings. The third kappa shape index (κ3) is 3.95. The molecule has 0 saturated heterocycles. The molecule has 0 bridgehead atoms. The normalized spacial score (nSPS) is 10.5. The molecule has 2 aromatic carbocycles. The van der Waals surface area contributed by atoms with Crippen LogP contribution in [0.15, 0.2) is 41.5 Å². The van der Waals surface area contributed by atoms with Gasteiger partial charge in [-0.1, -0.05) is 0 Å². The first-order valence-corrected chi connectivity index (χ1v) is 7.01. The molecule has 0 aliphatic carbocycles. The quantitative estimate of drug-likeness (QED) is 0.626. The maximum atomic E-state index is 12.0. The molecule has 0 spiro atoms. The van der Waals surface area contributed by atoms with Crippen LogP contribution in [-0.4, -0.2) is 38.6 Å². The molecule has 0 fully saturated rings. The lowest BCUT2D eigenvalue weighted by Gasteiger charge is -2.12. The number of nitrogens with one attached hydrogen (secondary N) is 1. The number of ether oxygens (including phenoxy) is 3. The van der Waals surface area contributed by atoms with Gasteiger partial charge in [-0.2, -0.15) is 5.10 Å². The van der Waals surface area contributed by atoms with Crippen LogP contribution in [0.1, 0.15) is 15.9 Å². The van der Waals surface area contributed by atoms with Crippen molar-refractivity contribution in [2.45, 2.75) is 0 Å². The predicted octanol–water partition coefficient (Wildman–Crippen LogP) is 2.18. The summed E-state index contributed by atoms with van der Waals surface area (Å²) in [7, 11) is 4.57. The van der Waals surface area contributed by atoms with Gasteiger partial charge in [0.15, 0.2) is 0 Å². The summed E-state index contributed by atoms with van der Waals surface area (Å²) in [5.41, 5.74) is 3.34. The van der Waals surface area contributed by atoms with Crippen molar-refractivity contribution in [1.29, 1.82) is 0 Å². The predicted molar refractivity (Wildman–Crippen MR) is 89.3 cm³/mol. The highest BCUT2D eigenvalue weighted by molar-refractivity contribution is 5.95. The fraction of sp³-hybridized carbons (Fsp3) is 0.176. The molecule has 0 heterocycles. The van der Waals surface area contributed by atoms with E-state index in [2.05, 4.69) is 10.5 Å². The Balaban J connectivity index is 2.19. The monoisotopic (exact) mass is 330 g/mol. The number of hydrogen-bond acceptors (Lipinski definition) is 6. The van der Waals surface area contributed by atoms with Crippen LogP contribution >= 0.6 is 0 Å². The van der Waals surface area contributed by atoms with Crippen LogP contribution in [0.25, 0.3) is 0 Å². The van der Waals surface area contributed by atoms with E-state index in [0.29, 0.717) is 28.4 Å². The lowest BCUT2D eigenvalue weighted by Crippen LogP contribution is -2.17. The van der Waals surface area contributed by atoms with E-state index in [0.717, 1.165) is 0 Å². The van der Waals surface area contributed by atoms with Gasteiger partial charge in [0, 0.05) is 17.7 Å². The second kappa shape index (κ2) is 7.87. The van der Waals surface area contributed by atoms with Crippen LogP contribution in [0.5, 0.6) is 23.0 Å². The number of nitrogens with zero attached hydrogens (tertiary/aromatic N) is 1. The Bertz CT molecular complexity index is 716. The average molecular weight is 330 g/mol. The van der Waals surface area contributed by atoms with Gasteiger partial charge in [-0.05, 0) is 24.3 Å². The first-order chi connectivity index (χ1) is 11.6. The Labute approximate surface area is 139 Å². The van der Waals surface area contributed by atoms with Crippen LogP contribution in [0, 0.1) is 0 Å². The summed E-state index contributed by atoms with van der Waals surface area (Å²) in [6.07, 6.45) is 1.43. The first kappa shape index (κ1) is 17.1. The molecule has 7 heteroatoms. The number of benzene rings is 2. The molecule has 0 unspecified atom stereocenters. The van der Waals surface area contributed by atoms with Crippen molar-refractivity contribution < 1.29 is 24.1 Å². The van der Waals surface area contributed by atoms with Crippen LogP contribution < -0.4 is 19.6 Å². The summed E-state index contributed by atoms with van der Waals surface area (Å²) in [5.74, 6) is 1.25. The molecule has 1 amide bonds. The highest BCUT2D eigenvalue weighted by Crippen LogP contribution is 2.32. The topological polar surface area (TPSA) is 89.4 Å². The van der Waals surface area contributed by atoms with Crippen molar-refractivity contribution in [3.8, 4) is 23.0 Å². The van der Waals surface area contributed by atoms with E-state index < -0.39 is 5.91 Å². The van der Waals surface area contributed by atoms with Crippen LogP contribution in [0.3, 0.4) is 0 Å². The molecule has 0 aliphatic heterocycles. The first-order valence-electron chi connectivity index (χ1n) is 7.01. The number of aromatic hydroxyl groups is 1. The van der Waals surface area contributed by atoms with Crippen LogP contribution in [0.4, 0.5) is 0 Å². The Morgan fingerprint density at radius 2 is 1.62 bits per heavy atom. The molecule has 2 N–H and O–H groups in total. The van der Waals surface area contributed by atoms with E-state index >= 15 is 0 Å². The van der Waals surface area contributed by atoms with Gasteiger partial charge in [0.1, 0.15) is 23.0 Å². The zero-order valence-electron chi connectivity index (χ0n) is 13.6. The Morgan fingerprint density at radius 1 is 1.04 bits per heavy atom. The zero-order valence-corrected chi connectivity index (χ0v) is 13.6. The fourth-order valence-corrected chi connectivity index (χ4v) is 1.99. The third-order valence-corrected chi connectivity index (χ3v) is 3.24. The second-order valence-electron chi connectivity index (χ2n) is 4.69. The average Bonchev–Trinajstić information content (AvgIpc) is 2.61. The zero-order chi connectivity index (χ0) is 17.5. The minimum absolute atomic E-state index is 0.0859. The second-order valence-corrected chi connectivity index (χ2v) is 4.69. The molecular formula is C17H18N2O5. The lowest BCUT2D eigenvalue weighted by molar-refractivity contribution is 0.0955. The van der Waals surface area contributed by atoms with E-state index in [9.17, 15) is 9.90 Å². The number of rotatable bonds is 6. The largest absolute Gasteiger partial charge is 0.508 e. The fourth-order valence-electron chi connectivity index (χ4n) is 1.99. The maximum Gasteiger partial charge on any atom is 0.271 e. The molecule has 0 saturated carbocycles. The number of phenols is 1. The molecule has 0 aromatic heterocycles. The van der Waals surface area contributed by atoms with Gasteiger partial charge in [-0.3, -0.25) is 4.79 Å². The molecule has 0 atom stereocenters. The molecular weight excluding hydrogens is 312 g/mol. The van der Waals surface area contributed by atoms with Gasteiger partial charge in [-0.15, -0.1) is 0 Å². The smallest absolute Gasteiger partial charge is 0.271 e. The highest BCUT2D eigenvalue weighted by atomic mass is 16.5. The molecule has 2 rings (SSSR count). The van der Waals surface area contributed by atoms with E-state index in [-0.39, 0.29) is 5.75 Å². The summed E-state index contributed by atoms with van der Waals surface area (Å²) in [4.78, 5) is 12.0. The van der Waals surface area contributed by atoms with Gasteiger partial charge < -0.3 is 19.3 Å². The Hall–Kier alpha value is -3.22. The van der Waals surface area contributed by atoms with Crippen molar-refractivity contribution in [1.82, 2.24) is 5.43 Å². The number of carbonyl (C=O) groups excluding carboxylic acids is 1. The van der Waals surface area contributed by atoms with E-state index in [1.807, 2.05) is 0 Å². The van der Waals surface area contributed by atoms with Gasteiger partial charge >= 0.3 is 0 Å². The summed E-state index contributed by atoms with van der Waals surface area (Å²) >= 11 is 0. The molecule has 7 nitrogen and oxygen atoms in total. The van der Waals surface area contributed by atoms with Gasteiger partial charge in [0.25, 0.3) is 5.91 Å². The van der Waals surface area contributed by atoms with Crippen molar-refractivity contribution in [2.75, 3.05) is 21.3 Å². The van der Waals surface area contributed by atoms with Crippen molar-refractivity contribution in [3.63, 3.8) is 0 Å². The number of carbonyl (C=O) groups is 1. The minimum atomic E-state index is -0.405. The van der Waals surface area contributed by atoms with Crippen LogP contribution in [-0.2, 0) is 0 Å². The number of hydrazone groups is 1. The summed E-state index contributed by atoms with van der Waals surface area (Å²) in [6.45, 7) is 0. The summed E-state index contributed by atoms with van der Waals surface area (Å²) in [6, 6.07) is 9.21. The Kier molecular flexibility index (Phi) is 5.62. The van der Waals surface area contributed by atoms with Crippen LogP contribution in [0.2, 0.25) is 0 Å². The van der Waals surface area contributed by atoms with Crippen molar-refractivity contribution in [2.24, 2.45) is 5.10 Å². The van der Waals surface area contributed by atoms with E-state index in [4.69, 9.17) is 14.2 Å². The SMILES string of the molecule is COc1cc(OC)c(/C=N\NC(=O)c2ccc(O)cc2)c(OC)c1. The third-order valence-electron chi connectivity index (χ3n) is 3.24. The van der Waals surface area contributed by atoms with Gasteiger partial charge in [0.2, 0.25) is 0 Å². The van der Waals surface area contributed by atoms with Gasteiger partial charge in [-0.25, -0.2) is 5.43 Å². The van der Waals surface area contributed by atoms with Crippen molar-refractivity contribution in [3.05, 3.63) is 47.5 Å². The standard InChI is InChI=1S/C17H18N2O5/c1-22-13-8-15(23-2)14(16(9-13)24-3)10-18-19-17(21)11-4-6-12(20)7-5-11/h4-10,20H,1-3H3,(H,19,21)/b18-10-. The summed E-state index contributed by atoms with van der Waals surface area (Å²) < 4.78 is 15.8. The summed E-state index contributed by atoms with van der Waals surface area (Å²) in [5, 5.41) is 13.1. The highest BCUT2D eigenvalue weighted by Gasteiger charge is 2.12. The number of amides is 1. The number of phenolic OH excluding ortho intramolecular Hbond substituents is 1. The van der Waals surface area contributed by atoms with Gasteiger partial charge in [0.05, 0.1) is 33.1 Å².